The minimum Gasteiger partial charge on any atom is -0.480 e. The van der Waals surface area contributed by atoms with Crippen molar-refractivity contribution in [3.63, 3.8) is 0 Å². The Balaban J connectivity index is 3.82. The molecule has 19 heavy (non-hydrogen) atoms. The molecule has 7 nitrogen and oxygen atoms in total. The number of nitrogens with two attached hydrogens (primary N) is 1. The third-order valence-electron chi connectivity index (χ3n) is 3.01. The van der Waals surface area contributed by atoms with E-state index in [4.69, 9.17) is 15.4 Å². The molecule has 0 aromatic carbocycles. The van der Waals surface area contributed by atoms with Crippen molar-refractivity contribution in [2.75, 3.05) is 32.9 Å². The van der Waals surface area contributed by atoms with Gasteiger partial charge in [-0.2, -0.15) is 8.42 Å². The van der Waals surface area contributed by atoms with Crippen LogP contribution in [-0.4, -0.2) is 67.5 Å². The number of quaternary nitrogens is 1. The van der Waals surface area contributed by atoms with Crippen LogP contribution in [0.1, 0.15) is 25.7 Å². The summed E-state index contributed by atoms with van der Waals surface area (Å²) in [6.45, 7) is 1.46. The van der Waals surface area contributed by atoms with Crippen LogP contribution >= 0.6 is 0 Å². The van der Waals surface area contributed by atoms with Crippen molar-refractivity contribution in [2.45, 2.75) is 31.7 Å². The van der Waals surface area contributed by atoms with E-state index in [9.17, 15) is 13.2 Å². The van der Waals surface area contributed by atoms with Gasteiger partial charge in [-0.3, -0.25) is 9.35 Å². The Morgan fingerprint density at radius 2 is 1.74 bits per heavy atom. The van der Waals surface area contributed by atoms with E-state index in [1.165, 1.54) is 0 Å². The maximum atomic E-state index is 10.6. The van der Waals surface area contributed by atoms with Crippen molar-refractivity contribution in [2.24, 2.45) is 5.73 Å². The molecule has 0 heterocycles. The minimum atomic E-state index is -3.88. The first-order valence-electron chi connectivity index (χ1n) is 6.29. The molecule has 0 aliphatic rings. The standard InChI is InChI=1S/C11H24N2O5S/c1-13(2,8-5-9-19(16,17)18)7-4-3-6-10(12)11(14)15/h10H,3-9,12H2,1-2H3,(H-,14,15,16,17,18)/p+1/t10-/m0/s1. The lowest BCUT2D eigenvalue weighted by atomic mass is 10.1. The SMILES string of the molecule is C[N+](C)(CCCC[C@H](N)C(=O)O)CCCS(=O)(=O)O. The Morgan fingerprint density at radius 3 is 2.21 bits per heavy atom. The lowest BCUT2D eigenvalue weighted by Gasteiger charge is -2.29. The number of aliphatic carboxylic acids is 1. The minimum absolute atomic E-state index is 0.224. The molecule has 0 spiro atoms. The van der Waals surface area contributed by atoms with Crippen molar-refractivity contribution >= 4 is 16.1 Å². The Labute approximate surface area is 114 Å². The third kappa shape index (κ3) is 10.9. The quantitative estimate of drug-likeness (QED) is 0.295. The lowest BCUT2D eigenvalue weighted by molar-refractivity contribution is -0.890. The topological polar surface area (TPSA) is 118 Å². The average Bonchev–Trinajstić information content (AvgIpc) is 2.21. The maximum absolute atomic E-state index is 10.6. The summed E-state index contributed by atoms with van der Waals surface area (Å²) in [4.78, 5) is 10.5. The summed E-state index contributed by atoms with van der Waals surface area (Å²) in [6.07, 6.45) is 2.41. The summed E-state index contributed by atoms with van der Waals surface area (Å²) in [5.41, 5.74) is 5.40. The van der Waals surface area contributed by atoms with Crippen LogP contribution in [0.15, 0.2) is 0 Å². The fourth-order valence-electron chi connectivity index (χ4n) is 1.81. The number of hydrogen-bond donors (Lipinski definition) is 3. The van der Waals surface area contributed by atoms with E-state index in [0.717, 1.165) is 19.4 Å². The van der Waals surface area contributed by atoms with Crippen LogP contribution in [0.2, 0.25) is 0 Å². The van der Waals surface area contributed by atoms with Crippen LogP contribution in [0.3, 0.4) is 0 Å². The van der Waals surface area contributed by atoms with Gasteiger partial charge in [0.2, 0.25) is 0 Å². The molecule has 0 aromatic rings. The van der Waals surface area contributed by atoms with Gasteiger partial charge in [-0.05, 0) is 19.3 Å². The summed E-state index contributed by atoms with van der Waals surface area (Å²) in [5.74, 6) is -1.21. The number of carboxylic acid groups (broad SMARTS) is 1. The fraction of sp³-hybridized carbons (Fsp3) is 0.909. The Hall–Kier alpha value is -0.700. The summed E-state index contributed by atoms with van der Waals surface area (Å²) in [6, 6.07) is -0.810. The van der Waals surface area contributed by atoms with Crippen LogP contribution in [-0.2, 0) is 14.9 Å². The summed E-state index contributed by atoms with van der Waals surface area (Å²) in [5, 5.41) is 8.62. The van der Waals surface area contributed by atoms with Crippen LogP contribution in [0, 0.1) is 0 Å². The molecule has 0 fully saturated rings. The Kier molecular flexibility index (Phi) is 7.50. The Bertz CT molecular complexity index is 381. The van der Waals surface area contributed by atoms with E-state index in [2.05, 4.69) is 0 Å². The molecule has 0 aliphatic carbocycles. The van der Waals surface area contributed by atoms with Crippen molar-refractivity contribution < 1.29 is 27.4 Å². The zero-order valence-electron chi connectivity index (χ0n) is 11.6. The molecule has 114 valence electrons. The van der Waals surface area contributed by atoms with Gasteiger partial charge in [-0.15, -0.1) is 0 Å². The van der Waals surface area contributed by atoms with Gasteiger partial charge in [-0.25, -0.2) is 0 Å². The fourth-order valence-corrected chi connectivity index (χ4v) is 2.31. The van der Waals surface area contributed by atoms with Gasteiger partial charge < -0.3 is 15.3 Å². The van der Waals surface area contributed by atoms with E-state index in [-0.39, 0.29) is 5.75 Å². The molecule has 0 radical (unpaired) electrons. The molecular weight excluding hydrogens is 272 g/mol. The van der Waals surface area contributed by atoms with Crippen LogP contribution in [0.4, 0.5) is 0 Å². The first-order valence-corrected chi connectivity index (χ1v) is 7.90. The zero-order valence-corrected chi connectivity index (χ0v) is 12.4. The number of carbonyl (C=O) groups is 1. The number of hydrogen-bond acceptors (Lipinski definition) is 4. The second-order valence-electron chi connectivity index (χ2n) is 5.46. The van der Waals surface area contributed by atoms with Crippen molar-refractivity contribution in [1.29, 1.82) is 0 Å². The second-order valence-corrected chi connectivity index (χ2v) is 7.04. The van der Waals surface area contributed by atoms with Gasteiger partial charge in [-0.1, -0.05) is 0 Å². The summed E-state index contributed by atoms with van der Waals surface area (Å²) < 4.78 is 30.5. The monoisotopic (exact) mass is 297 g/mol. The summed E-state index contributed by atoms with van der Waals surface area (Å²) >= 11 is 0. The van der Waals surface area contributed by atoms with E-state index in [1.807, 2.05) is 14.1 Å². The molecule has 1 atom stereocenters. The normalized spacial score (nSPS) is 14.3. The van der Waals surface area contributed by atoms with Gasteiger partial charge >= 0.3 is 5.97 Å². The van der Waals surface area contributed by atoms with Gasteiger partial charge in [0, 0.05) is 6.42 Å². The molecule has 0 saturated heterocycles. The molecule has 8 heteroatoms. The van der Waals surface area contributed by atoms with Crippen molar-refractivity contribution in [3.8, 4) is 0 Å². The first kappa shape index (κ1) is 18.3. The molecule has 0 bridgehead atoms. The largest absolute Gasteiger partial charge is 0.480 e. The van der Waals surface area contributed by atoms with Gasteiger partial charge in [0.15, 0.2) is 0 Å². The highest BCUT2D eigenvalue weighted by molar-refractivity contribution is 7.85. The van der Waals surface area contributed by atoms with Gasteiger partial charge in [0.05, 0.1) is 32.9 Å². The van der Waals surface area contributed by atoms with Crippen LogP contribution in [0.5, 0.6) is 0 Å². The van der Waals surface area contributed by atoms with E-state index in [1.54, 1.807) is 0 Å². The molecule has 0 amide bonds. The predicted octanol–water partition coefficient (Wildman–Crippen LogP) is -0.0771. The molecule has 4 N–H and O–H groups in total. The first-order chi connectivity index (χ1) is 8.53. The van der Waals surface area contributed by atoms with E-state index >= 15 is 0 Å². The molecule has 0 unspecified atom stereocenters. The van der Waals surface area contributed by atoms with Crippen molar-refractivity contribution in [1.82, 2.24) is 0 Å². The smallest absolute Gasteiger partial charge is 0.320 e. The average molecular weight is 297 g/mol. The van der Waals surface area contributed by atoms with Crippen LogP contribution in [0.25, 0.3) is 0 Å². The number of rotatable bonds is 10. The number of unbranched alkanes of at least 4 members (excludes halogenated alkanes) is 1. The lowest BCUT2D eigenvalue weighted by Crippen LogP contribution is -2.42. The maximum Gasteiger partial charge on any atom is 0.320 e. The number of carboxylic acids is 1. The number of nitrogens with zero attached hydrogens (tertiary/aromatic N) is 1. The van der Waals surface area contributed by atoms with Gasteiger partial charge in [0.1, 0.15) is 6.04 Å². The van der Waals surface area contributed by atoms with E-state index in [0.29, 0.717) is 23.9 Å². The highest BCUT2D eigenvalue weighted by atomic mass is 32.2. The highest BCUT2D eigenvalue weighted by Crippen LogP contribution is 2.07. The van der Waals surface area contributed by atoms with E-state index < -0.39 is 22.1 Å². The summed E-state index contributed by atoms with van der Waals surface area (Å²) in [7, 11) is 0.0624. The molecule has 0 aromatic heterocycles. The predicted molar refractivity (Wildman–Crippen MR) is 72.3 cm³/mol. The Morgan fingerprint density at radius 1 is 1.21 bits per heavy atom. The molecule has 0 aliphatic heterocycles. The van der Waals surface area contributed by atoms with Crippen molar-refractivity contribution in [3.05, 3.63) is 0 Å². The zero-order chi connectivity index (χ0) is 15.1. The third-order valence-corrected chi connectivity index (χ3v) is 3.82. The molecule has 0 rings (SSSR count). The highest BCUT2D eigenvalue weighted by Gasteiger charge is 2.17. The van der Waals surface area contributed by atoms with Crippen LogP contribution < -0.4 is 5.73 Å². The molecule has 0 saturated carbocycles. The molecular formula is C11H25N2O5S+. The van der Waals surface area contributed by atoms with Gasteiger partial charge in [0.25, 0.3) is 10.1 Å². The second kappa shape index (κ2) is 7.78.